The molecule has 1 aromatic heterocycles. The molecule has 0 aliphatic heterocycles. The molecule has 0 fully saturated rings. The van der Waals surface area contributed by atoms with E-state index in [1.807, 2.05) is 0 Å². The van der Waals surface area contributed by atoms with E-state index in [4.69, 9.17) is 23.2 Å². The molecule has 0 radical (unpaired) electrons. The Kier molecular flexibility index (Phi) is 4.09. The topological polar surface area (TPSA) is 61.2 Å². The quantitative estimate of drug-likeness (QED) is 0.772. The first-order valence-corrected chi connectivity index (χ1v) is 4.92. The lowest BCUT2D eigenvalue weighted by atomic mass is 10.4. The first kappa shape index (κ1) is 12.7. The summed E-state index contributed by atoms with van der Waals surface area (Å²) >= 11 is 11.3. The number of carbonyl (C=O) groups excluding carboxylic acids is 1. The van der Waals surface area contributed by atoms with Gasteiger partial charge in [-0.25, -0.2) is 4.98 Å². The molecule has 0 aliphatic carbocycles. The fraction of sp³-hybridized carbons (Fsp3) is 0.222. The van der Waals surface area contributed by atoms with Crippen LogP contribution in [0.2, 0.25) is 10.3 Å². The molecule has 0 aromatic carbocycles. The first-order valence-electron chi connectivity index (χ1n) is 4.16. The molecule has 0 N–H and O–H groups in total. The molecule has 0 spiro atoms. The average Bonchev–Trinajstić information content (AvgIpc) is 2.25. The molecular weight excluding hydrogens is 255 g/mol. The van der Waals surface area contributed by atoms with Gasteiger partial charge in [-0.05, 0) is 6.08 Å². The average molecular weight is 263 g/mol. The molecule has 1 rings (SSSR count). The van der Waals surface area contributed by atoms with Crippen molar-refractivity contribution in [3.63, 3.8) is 0 Å². The van der Waals surface area contributed by atoms with Crippen LogP contribution in [0.25, 0.3) is 6.08 Å². The summed E-state index contributed by atoms with van der Waals surface area (Å²) in [6.45, 7) is 3.18. The summed E-state index contributed by atoms with van der Waals surface area (Å²) in [6.07, 6.45) is 1.32. The number of rotatable bonds is 3. The van der Waals surface area contributed by atoms with E-state index < -0.39 is 11.5 Å². The van der Waals surface area contributed by atoms with E-state index in [0.717, 1.165) is 4.57 Å². The van der Waals surface area contributed by atoms with E-state index in [9.17, 15) is 9.59 Å². The van der Waals surface area contributed by atoms with Crippen molar-refractivity contribution < 1.29 is 9.53 Å². The third-order valence-corrected chi connectivity index (χ3v) is 2.35. The molecule has 0 bridgehead atoms. The van der Waals surface area contributed by atoms with Gasteiger partial charge in [-0.15, -0.1) is 0 Å². The van der Waals surface area contributed by atoms with Crippen LogP contribution in [0.15, 0.2) is 11.4 Å². The van der Waals surface area contributed by atoms with Gasteiger partial charge in [0.05, 0.1) is 12.8 Å². The van der Waals surface area contributed by atoms with Crippen LogP contribution < -0.4 is 5.56 Å². The van der Waals surface area contributed by atoms with Crippen molar-refractivity contribution in [2.45, 2.75) is 6.54 Å². The Bertz CT molecular complexity index is 496. The standard InChI is InChI=1S/C9H8Cl2N2O3/c1-3-5-7(10)12-8(11)9(15)13(5)4-6(14)16-2/h3H,1,4H2,2H3. The Morgan fingerprint density at radius 2 is 2.19 bits per heavy atom. The highest BCUT2D eigenvalue weighted by molar-refractivity contribution is 6.33. The summed E-state index contributed by atoms with van der Waals surface area (Å²) in [6, 6.07) is 0. The Hall–Kier alpha value is -1.33. The van der Waals surface area contributed by atoms with Crippen LogP contribution in [0.5, 0.6) is 0 Å². The molecule has 1 heterocycles. The lowest BCUT2D eigenvalue weighted by molar-refractivity contribution is -0.141. The third-order valence-electron chi connectivity index (χ3n) is 1.83. The number of aromatic nitrogens is 2. The highest BCUT2D eigenvalue weighted by atomic mass is 35.5. The Morgan fingerprint density at radius 3 is 2.69 bits per heavy atom. The summed E-state index contributed by atoms with van der Waals surface area (Å²) in [5.74, 6) is -0.594. The molecule has 0 saturated heterocycles. The number of esters is 1. The summed E-state index contributed by atoms with van der Waals surface area (Å²) in [7, 11) is 1.21. The zero-order valence-corrected chi connectivity index (χ0v) is 9.88. The molecule has 0 atom stereocenters. The maximum atomic E-state index is 11.6. The van der Waals surface area contributed by atoms with E-state index in [0.29, 0.717) is 0 Å². The zero-order chi connectivity index (χ0) is 12.3. The molecule has 0 unspecified atom stereocenters. The Labute approximate surface area is 101 Å². The van der Waals surface area contributed by atoms with E-state index in [1.54, 1.807) is 0 Å². The van der Waals surface area contributed by atoms with Crippen molar-refractivity contribution in [2.24, 2.45) is 0 Å². The molecule has 0 amide bonds. The second-order valence-corrected chi connectivity index (χ2v) is 3.47. The second-order valence-electron chi connectivity index (χ2n) is 2.75. The minimum absolute atomic E-state index is 0.00324. The van der Waals surface area contributed by atoms with Crippen LogP contribution >= 0.6 is 23.2 Å². The van der Waals surface area contributed by atoms with Crippen molar-refractivity contribution in [1.82, 2.24) is 9.55 Å². The lowest BCUT2D eigenvalue weighted by Gasteiger charge is -2.09. The van der Waals surface area contributed by atoms with Gasteiger partial charge in [0.2, 0.25) is 0 Å². The van der Waals surface area contributed by atoms with Crippen LogP contribution in [0.1, 0.15) is 5.69 Å². The second kappa shape index (κ2) is 5.14. The number of ether oxygens (including phenoxy) is 1. The number of hydrogen-bond donors (Lipinski definition) is 0. The monoisotopic (exact) mass is 262 g/mol. The van der Waals surface area contributed by atoms with Gasteiger partial charge in [-0.2, -0.15) is 0 Å². The highest BCUT2D eigenvalue weighted by Crippen LogP contribution is 2.14. The van der Waals surface area contributed by atoms with E-state index in [2.05, 4.69) is 16.3 Å². The molecule has 0 aliphatic rings. The maximum absolute atomic E-state index is 11.6. The lowest BCUT2D eigenvalue weighted by Crippen LogP contribution is -2.28. The largest absolute Gasteiger partial charge is 0.468 e. The fourth-order valence-electron chi connectivity index (χ4n) is 1.07. The molecular formula is C9H8Cl2N2O3. The highest BCUT2D eigenvalue weighted by Gasteiger charge is 2.14. The van der Waals surface area contributed by atoms with Crippen molar-refractivity contribution in [2.75, 3.05) is 7.11 Å². The van der Waals surface area contributed by atoms with Gasteiger partial charge < -0.3 is 4.74 Å². The van der Waals surface area contributed by atoms with Crippen molar-refractivity contribution in [3.05, 3.63) is 32.9 Å². The van der Waals surface area contributed by atoms with Gasteiger partial charge in [0.25, 0.3) is 5.56 Å². The molecule has 5 nitrogen and oxygen atoms in total. The Balaban J connectivity index is 3.39. The predicted octanol–water partition coefficient (Wildman–Crippen LogP) is 1.37. The van der Waals surface area contributed by atoms with Crippen molar-refractivity contribution in [1.29, 1.82) is 0 Å². The zero-order valence-electron chi connectivity index (χ0n) is 8.37. The predicted molar refractivity (Wildman–Crippen MR) is 60.6 cm³/mol. The number of carbonyl (C=O) groups is 1. The van der Waals surface area contributed by atoms with Gasteiger partial charge in [-0.3, -0.25) is 14.2 Å². The summed E-state index contributed by atoms with van der Waals surface area (Å²) < 4.78 is 5.50. The maximum Gasteiger partial charge on any atom is 0.325 e. The van der Waals surface area contributed by atoms with Crippen molar-refractivity contribution in [3.8, 4) is 0 Å². The number of methoxy groups -OCH3 is 1. The number of nitrogens with zero attached hydrogens (tertiary/aromatic N) is 2. The number of halogens is 2. The summed E-state index contributed by atoms with van der Waals surface area (Å²) in [5.41, 5.74) is -0.396. The normalized spacial score (nSPS) is 9.94. The molecule has 7 heteroatoms. The van der Waals surface area contributed by atoms with Crippen molar-refractivity contribution >= 4 is 35.2 Å². The van der Waals surface area contributed by atoms with Crippen LogP contribution in [0, 0.1) is 0 Å². The van der Waals surface area contributed by atoms with Gasteiger partial charge in [0.15, 0.2) is 10.3 Å². The molecule has 0 saturated carbocycles. The van der Waals surface area contributed by atoms with Crippen LogP contribution in [-0.4, -0.2) is 22.6 Å². The first-order chi connectivity index (χ1) is 7.51. The van der Waals surface area contributed by atoms with Crippen LogP contribution in [0.4, 0.5) is 0 Å². The van der Waals surface area contributed by atoms with Crippen LogP contribution in [-0.2, 0) is 16.1 Å². The van der Waals surface area contributed by atoms with E-state index in [-0.39, 0.29) is 22.5 Å². The van der Waals surface area contributed by atoms with Gasteiger partial charge >= 0.3 is 5.97 Å². The fourth-order valence-corrected chi connectivity index (χ4v) is 1.56. The van der Waals surface area contributed by atoms with Gasteiger partial charge in [-0.1, -0.05) is 29.8 Å². The minimum Gasteiger partial charge on any atom is -0.468 e. The smallest absolute Gasteiger partial charge is 0.325 e. The van der Waals surface area contributed by atoms with Crippen LogP contribution in [0.3, 0.4) is 0 Å². The Morgan fingerprint density at radius 1 is 1.56 bits per heavy atom. The van der Waals surface area contributed by atoms with Gasteiger partial charge in [0.1, 0.15) is 6.54 Å². The summed E-state index contributed by atoms with van der Waals surface area (Å²) in [4.78, 5) is 26.3. The summed E-state index contributed by atoms with van der Waals surface area (Å²) in [5, 5.41) is -0.303. The van der Waals surface area contributed by atoms with E-state index >= 15 is 0 Å². The minimum atomic E-state index is -0.619. The van der Waals surface area contributed by atoms with Gasteiger partial charge in [0, 0.05) is 0 Å². The third kappa shape index (κ3) is 2.43. The molecule has 16 heavy (non-hydrogen) atoms. The molecule has 1 aromatic rings. The SMILES string of the molecule is C=Cc1c(Cl)nc(Cl)c(=O)n1CC(=O)OC. The van der Waals surface area contributed by atoms with E-state index in [1.165, 1.54) is 13.2 Å². The molecule has 86 valence electrons. The number of hydrogen-bond acceptors (Lipinski definition) is 4.